The number of hydrogen-bond donors (Lipinski definition) is 0. The van der Waals surface area contributed by atoms with Gasteiger partial charge in [0.2, 0.25) is 5.91 Å². The number of hydrogen-bond acceptors (Lipinski definition) is 3. The highest BCUT2D eigenvalue weighted by Crippen LogP contribution is 2.22. The van der Waals surface area contributed by atoms with Crippen LogP contribution in [-0.4, -0.2) is 29.7 Å². The highest BCUT2D eigenvalue weighted by molar-refractivity contribution is 7.12. The Labute approximate surface area is 113 Å². The molecule has 0 spiro atoms. The fourth-order valence-corrected chi connectivity index (χ4v) is 2.94. The molecule has 0 atom stereocenters. The van der Waals surface area contributed by atoms with Crippen molar-refractivity contribution in [2.24, 2.45) is 0 Å². The lowest BCUT2D eigenvalue weighted by atomic mass is 10.1. The van der Waals surface area contributed by atoms with E-state index in [0.717, 1.165) is 15.3 Å². The number of carbonyl (C=O) groups excluding carboxylic acids is 2. The van der Waals surface area contributed by atoms with Crippen LogP contribution in [0.3, 0.4) is 0 Å². The van der Waals surface area contributed by atoms with Crippen LogP contribution in [0.25, 0.3) is 0 Å². The van der Waals surface area contributed by atoms with E-state index < -0.39 is 0 Å². The molecule has 0 aliphatic carbocycles. The maximum Gasteiger partial charge on any atom is 0.223 e. The lowest BCUT2D eigenvalue weighted by Crippen LogP contribution is -2.30. The lowest BCUT2D eigenvalue weighted by molar-refractivity contribution is -0.130. The van der Waals surface area contributed by atoms with Crippen molar-refractivity contribution in [3.8, 4) is 0 Å². The molecule has 0 N–H and O–H groups in total. The second kappa shape index (κ2) is 6.69. The molecular formula is C14H21NO2S. The summed E-state index contributed by atoms with van der Waals surface area (Å²) in [4.78, 5) is 27.8. The summed E-state index contributed by atoms with van der Waals surface area (Å²) in [6.07, 6.45) is 0.626. The predicted octanol–water partition coefficient (Wildman–Crippen LogP) is 3.20. The Kier molecular flexibility index (Phi) is 5.54. The highest BCUT2D eigenvalue weighted by atomic mass is 32.1. The summed E-state index contributed by atoms with van der Waals surface area (Å²) < 4.78 is 0. The second-order valence-corrected chi connectivity index (χ2v) is 5.78. The molecule has 1 heterocycles. The van der Waals surface area contributed by atoms with Gasteiger partial charge in [-0.2, -0.15) is 0 Å². The van der Waals surface area contributed by atoms with Gasteiger partial charge in [0.25, 0.3) is 0 Å². The van der Waals surface area contributed by atoms with E-state index in [1.807, 2.05) is 33.8 Å². The Bertz CT molecular complexity index is 433. The summed E-state index contributed by atoms with van der Waals surface area (Å²) in [6, 6.07) is 1.92. The van der Waals surface area contributed by atoms with Crippen molar-refractivity contribution in [2.75, 3.05) is 13.1 Å². The average molecular weight is 267 g/mol. The van der Waals surface area contributed by atoms with Gasteiger partial charge in [-0.1, -0.05) is 0 Å². The summed E-state index contributed by atoms with van der Waals surface area (Å²) in [6.45, 7) is 9.28. The van der Waals surface area contributed by atoms with E-state index in [4.69, 9.17) is 0 Å². The van der Waals surface area contributed by atoms with Crippen LogP contribution in [0, 0.1) is 13.8 Å². The van der Waals surface area contributed by atoms with Crippen LogP contribution < -0.4 is 0 Å². The number of amides is 1. The SMILES string of the molecule is CCN(CC)C(=O)CCC(=O)c1cc(C)sc1C. The number of aryl methyl sites for hydroxylation is 2. The number of Topliss-reactive ketones (excluding diaryl/α,β-unsaturated/α-hetero) is 1. The van der Waals surface area contributed by atoms with Gasteiger partial charge in [-0.3, -0.25) is 9.59 Å². The Hall–Kier alpha value is -1.16. The molecule has 0 unspecified atom stereocenters. The van der Waals surface area contributed by atoms with Crippen molar-refractivity contribution in [1.82, 2.24) is 4.90 Å². The van der Waals surface area contributed by atoms with Gasteiger partial charge in [-0.05, 0) is 33.8 Å². The average Bonchev–Trinajstić information content (AvgIpc) is 2.67. The topological polar surface area (TPSA) is 37.4 Å². The largest absolute Gasteiger partial charge is 0.343 e. The van der Waals surface area contributed by atoms with Gasteiger partial charge < -0.3 is 4.90 Å². The molecule has 0 fully saturated rings. The molecule has 0 aliphatic heterocycles. The van der Waals surface area contributed by atoms with Gasteiger partial charge in [0, 0.05) is 41.2 Å². The van der Waals surface area contributed by atoms with Crippen molar-refractivity contribution < 1.29 is 9.59 Å². The van der Waals surface area contributed by atoms with Crippen LogP contribution in [0.5, 0.6) is 0 Å². The molecule has 1 aromatic heterocycles. The van der Waals surface area contributed by atoms with Crippen molar-refractivity contribution in [3.05, 3.63) is 21.4 Å². The van der Waals surface area contributed by atoms with Crippen molar-refractivity contribution in [1.29, 1.82) is 0 Å². The Morgan fingerprint density at radius 2 is 1.78 bits per heavy atom. The van der Waals surface area contributed by atoms with E-state index in [-0.39, 0.29) is 11.7 Å². The zero-order valence-corrected chi connectivity index (χ0v) is 12.4. The van der Waals surface area contributed by atoms with E-state index >= 15 is 0 Å². The zero-order chi connectivity index (χ0) is 13.7. The third-order valence-corrected chi connectivity index (χ3v) is 3.99. The van der Waals surface area contributed by atoms with Crippen molar-refractivity contribution in [3.63, 3.8) is 0 Å². The normalized spacial score (nSPS) is 10.4. The molecule has 3 nitrogen and oxygen atoms in total. The standard InChI is InChI=1S/C14H21NO2S/c1-5-15(6-2)14(17)8-7-13(16)12-9-10(3)18-11(12)4/h9H,5-8H2,1-4H3. The lowest BCUT2D eigenvalue weighted by Gasteiger charge is -2.18. The third-order valence-electron chi connectivity index (χ3n) is 3.02. The number of thiophene rings is 1. The molecule has 0 bridgehead atoms. The Morgan fingerprint density at radius 1 is 1.17 bits per heavy atom. The first-order valence-corrected chi connectivity index (χ1v) is 7.19. The molecule has 0 aliphatic rings. The first kappa shape index (κ1) is 14.9. The van der Waals surface area contributed by atoms with Crippen LogP contribution in [0.4, 0.5) is 0 Å². The molecular weight excluding hydrogens is 246 g/mol. The van der Waals surface area contributed by atoms with Gasteiger partial charge in [0.15, 0.2) is 5.78 Å². The maximum absolute atomic E-state index is 12.0. The molecule has 4 heteroatoms. The smallest absolute Gasteiger partial charge is 0.223 e. The summed E-state index contributed by atoms with van der Waals surface area (Å²) >= 11 is 1.63. The zero-order valence-electron chi connectivity index (χ0n) is 11.6. The summed E-state index contributed by atoms with van der Waals surface area (Å²) in [5, 5.41) is 0. The van der Waals surface area contributed by atoms with Gasteiger partial charge in [-0.15, -0.1) is 11.3 Å². The molecule has 1 aromatic rings. The van der Waals surface area contributed by atoms with E-state index in [1.54, 1.807) is 16.2 Å². The number of ketones is 1. The fourth-order valence-electron chi connectivity index (χ4n) is 2.00. The van der Waals surface area contributed by atoms with E-state index in [9.17, 15) is 9.59 Å². The molecule has 0 aromatic carbocycles. The van der Waals surface area contributed by atoms with Crippen LogP contribution in [0.15, 0.2) is 6.07 Å². The van der Waals surface area contributed by atoms with Gasteiger partial charge >= 0.3 is 0 Å². The van der Waals surface area contributed by atoms with Crippen LogP contribution >= 0.6 is 11.3 Å². The minimum absolute atomic E-state index is 0.0676. The molecule has 0 saturated heterocycles. The van der Waals surface area contributed by atoms with Crippen LogP contribution in [0.2, 0.25) is 0 Å². The third kappa shape index (κ3) is 3.67. The van der Waals surface area contributed by atoms with E-state index in [0.29, 0.717) is 25.9 Å². The molecule has 1 rings (SSSR count). The van der Waals surface area contributed by atoms with Crippen molar-refractivity contribution >= 4 is 23.0 Å². The second-order valence-electron chi connectivity index (χ2n) is 4.32. The molecule has 1 amide bonds. The molecule has 0 saturated carbocycles. The molecule has 18 heavy (non-hydrogen) atoms. The van der Waals surface area contributed by atoms with Crippen LogP contribution in [0.1, 0.15) is 46.8 Å². The summed E-state index contributed by atoms with van der Waals surface area (Å²) in [7, 11) is 0. The molecule has 100 valence electrons. The van der Waals surface area contributed by atoms with Gasteiger partial charge in [0.05, 0.1) is 0 Å². The molecule has 0 radical (unpaired) electrons. The minimum atomic E-state index is 0.0676. The Morgan fingerprint density at radius 3 is 2.22 bits per heavy atom. The predicted molar refractivity (Wildman–Crippen MR) is 75.3 cm³/mol. The first-order valence-electron chi connectivity index (χ1n) is 6.37. The van der Waals surface area contributed by atoms with Gasteiger partial charge in [0.1, 0.15) is 0 Å². The van der Waals surface area contributed by atoms with E-state index in [2.05, 4.69) is 0 Å². The summed E-state index contributed by atoms with van der Waals surface area (Å²) in [5.74, 6) is 0.148. The van der Waals surface area contributed by atoms with Crippen molar-refractivity contribution in [2.45, 2.75) is 40.5 Å². The minimum Gasteiger partial charge on any atom is -0.343 e. The van der Waals surface area contributed by atoms with Crippen LogP contribution in [-0.2, 0) is 4.79 Å². The highest BCUT2D eigenvalue weighted by Gasteiger charge is 2.15. The maximum atomic E-state index is 12.0. The number of rotatable bonds is 6. The number of nitrogens with zero attached hydrogens (tertiary/aromatic N) is 1. The quantitative estimate of drug-likeness (QED) is 0.742. The number of carbonyl (C=O) groups is 2. The first-order chi connectivity index (χ1) is 8.49. The fraction of sp³-hybridized carbons (Fsp3) is 0.571. The monoisotopic (exact) mass is 267 g/mol. The Balaban J connectivity index is 2.56. The van der Waals surface area contributed by atoms with Gasteiger partial charge in [-0.25, -0.2) is 0 Å². The van der Waals surface area contributed by atoms with E-state index in [1.165, 1.54) is 0 Å². The summed E-state index contributed by atoms with van der Waals surface area (Å²) in [5.41, 5.74) is 0.782.